The average molecular weight is 152 g/mol. The summed E-state index contributed by atoms with van der Waals surface area (Å²) < 4.78 is 5.00. The lowest BCUT2D eigenvalue weighted by Gasteiger charge is -2.24. The van der Waals surface area contributed by atoms with E-state index in [2.05, 4.69) is 5.16 Å². The third-order valence-corrected chi connectivity index (χ3v) is 2.41. The molecule has 1 aromatic rings. The second-order valence-electron chi connectivity index (χ2n) is 3.04. The maximum Gasteiger partial charge on any atom is 0.153 e. The number of rotatable bonds is 2. The topological polar surface area (TPSA) is 52.0 Å². The minimum atomic E-state index is 0.478. The molecule has 0 atom stereocenters. The molecule has 0 unspecified atom stereocenters. The van der Waals surface area contributed by atoms with Gasteiger partial charge in [-0.2, -0.15) is 0 Å². The van der Waals surface area contributed by atoms with Gasteiger partial charge in [-0.05, 0) is 18.8 Å². The molecule has 1 fully saturated rings. The van der Waals surface area contributed by atoms with Gasteiger partial charge in [0.1, 0.15) is 0 Å². The SMILES string of the molecule is NCc1oncc1C1CCC1. The number of hydrogen-bond acceptors (Lipinski definition) is 3. The van der Waals surface area contributed by atoms with Crippen molar-refractivity contribution in [1.82, 2.24) is 5.16 Å². The molecule has 60 valence electrons. The van der Waals surface area contributed by atoms with Crippen LogP contribution in [0.5, 0.6) is 0 Å². The van der Waals surface area contributed by atoms with Crippen LogP contribution in [0, 0.1) is 0 Å². The number of hydrogen-bond donors (Lipinski definition) is 1. The molecule has 0 spiro atoms. The Morgan fingerprint density at radius 3 is 3.00 bits per heavy atom. The molecule has 0 radical (unpaired) electrons. The third-order valence-electron chi connectivity index (χ3n) is 2.41. The largest absolute Gasteiger partial charge is 0.360 e. The van der Waals surface area contributed by atoms with E-state index < -0.39 is 0 Å². The first-order chi connectivity index (χ1) is 5.42. The normalized spacial score (nSPS) is 18.3. The van der Waals surface area contributed by atoms with Gasteiger partial charge in [-0.15, -0.1) is 0 Å². The lowest BCUT2D eigenvalue weighted by atomic mass is 9.80. The van der Waals surface area contributed by atoms with Crippen LogP contribution in [0.3, 0.4) is 0 Å². The molecule has 1 saturated carbocycles. The maximum atomic E-state index is 5.48. The smallest absolute Gasteiger partial charge is 0.153 e. The van der Waals surface area contributed by atoms with Gasteiger partial charge in [0.15, 0.2) is 5.76 Å². The van der Waals surface area contributed by atoms with Crippen molar-refractivity contribution >= 4 is 0 Å². The molecule has 0 aliphatic heterocycles. The quantitative estimate of drug-likeness (QED) is 0.696. The van der Waals surface area contributed by atoms with Crippen LogP contribution >= 0.6 is 0 Å². The molecule has 3 heteroatoms. The lowest BCUT2D eigenvalue weighted by molar-refractivity contribution is 0.371. The molecule has 0 bridgehead atoms. The van der Waals surface area contributed by atoms with Gasteiger partial charge < -0.3 is 10.3 Å². The molecule has 0 saturated heterocycles. The molecule has 1 heterocycles. The Balaban J connectivity index is 2.20. The Morgan fingerprint density at radius 1 is 1.64 bits per heavy atom. The van der Waals surface area contributed by atoms with Gasteiger partial charge in [0.2, 0.25) is 0 Å². The summed E-state index contributed by atoms with van der Waals surface area (Å²) in [5.74, 6) is 1.55. The van der Waals surface area contributed by atoms with Crippen molar-refractivity contribution in [1.29, 1.82) is 0 Å². The maximum absolute atomic E-state index is 5.48. The third kappa shape index (κ3) is 1.05. The zero-order valence-electron chi connectivity index (χ0n) is 6.42. The fraction of sp³-hybridized carbons (Fsp3) is 0.625. The zero-order chi connectivity index (χ0) is 7.68. The highest BCUT2D eigenvalue weighted by Gasteiger charge is 2.23. The first-order valence-corrected chi connectivity index (χ1v) is 4.05. The minimum Gasteiger partial charge on any atom is -0.360 e. The van der Waals surface area contributed by atoms with E-state index in [9.17, 15) is 0 Å². The molecule has 2 N–H and O–H groups in total. The number of nitrogens with two attached hydrogens (primary N) is 1. The Labute approximate surface area is 65.6 Å². The summed E-state index contributed by atoms with van der Waals surface area (Å²) in [6.45, 7) is 0.478. The molecule has 1 aromatic heterocycles. The van der Waals surface area contributed by atoms with Crippen LogP contribution in [0.25, 0.3) is 0 Å². The van der Waals surface area contributed by atoms with Crippen LogP contribution in [0.1, 0.15) is 36.5 Å². The highest BCUT2D eigenvalue weighted by atomic mass is 16.5. The van der Waals surface area contributed by atoms with E-state index in [1.54, 1.807) is 0 Å². The van der Waals surface area contributed by atoms with Gasteiger partial charge in [0.25, 0.3) is 0 Å². The van der Waals surface area contributed by atoms with Crippen molar-refractivity contribution < 1.29 is 4.52 Å². The summed E-state index contributed by atoms with van der Waals surface area (Å²) in [7, 11) is 0. The highest BCUT2D eigenvalue weighted by Crippen LogP contribution is 2.37. The molecule has 1 aliphatic rings. The molecule has 11 heavy (non-hydrogen) atoms. The summed E-state index contributed by atoms with van der Waals surface area (Å²) in [6.07, 6.45) is 5.69. The first-order valence-electron chi connectivity index (χ1n) is 4.05. The van der Waals surface area contributed by atoms with Gasteiger partial charge in [-0.3, -0.25) is 0 Å². The van der Waals surface area contributed by atoms with Gasteiger partial charge in [0.05, 0.1) is 12.7 Å². The second-order valence-corrected chi connectivity index (χ2v) is 3.04. The van der Waals surface area contributed by atoms with Crippen LogP contribution in [0.4, 0.5) is 0 Å². The Bertz CT molecular complexity index is 240. The van der Waals surface area contributed by atoms with Crippen LogP contribution in [-0.2, 0) is 6.54 Å². The van der Waals surface area contributed by atoms with E-state index in [0.29, 0.717) is 12.5 Å². The van der Waals surface area contributed by atoms with Crippen molar-refractivity contribution in [2.24, 2.45) is 5.73 Å². The number of nitrogens with zero attached hydrogens (tertiary/aromatic N) is 1. The van der Waals surface area contributed by atoms with Gasteiger partial charge >= 0.3 is 0 Å². The van der Waals surface area contributed by atoms with E-state index >= 15 is 0 Å². The monoisotopic (exact) mass is 152 g/mol. The average Bonchev–Trinajstić information content (AvgIpc) is 2.32. The molecule has 0 aromatic carbocycles. The molecule has 0 amide bonds. The molecule has 3 nitrogen and oxygen atoms in total. The van der Waals surface area contributed by atoms with Gasteiger partial charge in [-0.25, -0.2) is 0 Å². The zero-order valence-corrected chi connectivity index (χ0v) is 6.42. The van der Waals surface area contributed by atoms with Crippen molar-refractivity contribution in [2.45, 2.75) is 31.7 Å². The molecular formula is C8H12N2O. The predicted molar refractivity (Wildman–Crippen MR) is 41.0 cm³/mol. The van der Waals surface area contributed by atoms with Crippen LogP contribution in [-0.4, -0.2) is 5.16 Å². The summed E-state index contributed by atoms with van der Waals surface area (Å²) in [5.41, 5.74) is 6.71. The fourth-order valence-electron chi connectivity index (χ4n) is 1.48. The summed E-state index contributed by atoms with van der Waals surface area (Å²) in [6, 6.07) is 0. The van der Waals surface area contributed by atoms with E-state index in [1.165, 1.54) is 24.8 Å². The van der Waals surface area contributed by atoms with Crippen molar-refractivity contribution in [3.8, 4) is 0 Å². The van der Waals surface area contributed by atoms with Gasteiger partial charge in [0, 0.05) is 5.56 Å². The lowest BCUT2D eigenvalue weighted by Crippen LogP contribution is -2.11. The highest BCUT2D eigenvalue weighted by molar-refractivity contribution is 5.20. The second kappa shape index (κ2) is 2.66. The van der Waals surface area contributed by atoms with Crippen LogP contribution in [0.15, 0.2) is 10.7 Å². The molecule has 1 aliphatic carbocycles. The first kappa shape index (κ1) is 6.85. The van der Waals surface area contributed by atoms with Crippen LogP contribution < -0.4 is 5.73 Å². The Hall–Kier alpha value is -0.830. The van der Waals surface area contributed by atoms with E-state index in [0.717, 1.165) is 5.76 Å². The van der Waals surface area contributed by atoms with Gasteiger partial charge in [-0.1, -0.05) is 11.6 Å². The minimum absolute atomic E-state index is 0.478. The predicted octanol–water partition coefficient (Wildman–Crippen LogP) is 1.40. The van der Waals surface area contributed by atoms with Crippen LogP contribution in [0.2, 0.25) is 0 Å². The number of aromatic nitrogens is 1. The van der Waals surface area contributed by atoms with E-state index in [1.807, 2.05) is 6.20 Å². The van der Waals surface area contributed by atoms with E-state index in [4.69, 9.17) is 10.3 Å². The Morgan fingerprint density at radius 2 is 2.45 bits per heavy atom. The summed E-state index contributed by atoms with van der Waals surface area (Å²) >= 11 is 0. The van der Waals surface area contributed by atoms with Crippen molar-refractivity contribution in [3.05, 3.63) is 17.5 Å². The fourth-order valence-corrected chi connectivity index (χ4v) is 1.48. The summed E-state index contributed by atoms with van der Waals surface area (Å²) in [4.78, 5) is 0. The molecule has 2 rings (SSSR count). The van der Waals surface area contributed by atoms with Crippen molar-refractivity contribution in [2.75, 3.05) is 0 Å². The Kier molecular flexibility index (Phi) is 1.66. The standard InChI is InChI=1S/C8H12N2O/c9-4-8-7(5-10-11-8)6-2-1-3-6/h5-6H,1-4,9H2. The van der Waals surface area contributed by atoms with E-state index in [-0.39, 0.29) is 0 Å². The van der Waals surface area contributed by atoms with Crippen molar-refractivity contribution in [3.63, 3.8) is 0 Å². The summed E-state index contributed by atoms with van der Waals surface area (Å²) in [5, 5.41) is 3.74. The molecular weight excluding hydrogens is 140 g/mol.